The minimum Gasteiger partial charge on any atom is -0.507 e. The molecule has 0 radical (unpaired) electrons. The van der Waals surface area contributed by atoms with Crippen molar-refractivity contribution in [3.63, 3.8) is 0 Å². The van der Waals surface area contributed by atoms with E-state index < -0.39 is 0 Å². The zero-order chi connectivity index (χ0) is 18.9. The smallest absolute Gasteiger partial charge is 0.294 e. The summed E-state index contributed by atoms with van der Waals surface area (Å²) < 4.78 is 7.97. The summed E-state index contributed by atoms with van der Waals surface area (Å²) in [6.45, 7) is 4.59. The Hall–Kier alpha value is -2.41. The van der Waals surface area contributed by atoms with Crippen molar-refractivity contribution >= 4 is 11.3 Å². The lowest BCUT2D eigenvalue weighted by Crippen LogP contribution is -2.31. The third-order valence-electron chi connectivity index (χ3n) is 5.57. The second-order valence-electron chi connectivity index (χ2n) is 7.54. The van der Waals surface area contributed by atoms with E-state index in [1.54, 1.807) is 18.6 Å². The monoisotopic (exact) mass is 384 g/mol. The molecule has 4 rings (SSSR count). The first-order chi connectivity index (χ1) is 13.1. The summed E-state index contributed by atoms with van der Waals surface area (Å²) >= 11 is 1.38. The Morgan fingerprint density at radius 3 is 3.00 bits per heavy atom. The highest BCUT2D eigenvalue weighted by Crippen LogP contribution is 2.41. The Labute approximate surface area is 162 Å². The number of hydrogen-bond donors (Lipinski definition) is 1. The van der Waals surface area contributed by atoms with E-state index in [0.717, 1.165) is 18.5 Å². The minimum atomic E-state index is 0.167. The maximum Gasteiger partial charge on any atom is 0.294 e. The van der Waals surface area contributed by atoms with Gasteiger partial charge in [-0.25, -0.2) is 4.98 Å². The van der Waals surface area contributed by atoms with Gasteiger partial charge >= 0.3 is 0 Å². The number of nitrogens with zero attached hydrogens (tertiary/aromatic N) is 4. The quantitative estimate of drug-likeness (QED) is 0.682. The van der Waals surface area contributed by atoms with Crippen molar-refractivity contribution in [3.05, 3.63) is 36.9 Å². The van der Waals surface area contributed by atoms with Crippen LogP contribution in [0.25, 0.3) is 16.3 Å². The Morgan fingerprint density at radius 1 is 1.37 bits per heavy atom. The predicted octanol–water partition coefficient (Wildman–Crippen LogP) is 4.83. The molecule has 6 nitrogen and oxygen atoms in total. The van der Waals surface area contributed by atoms with Crippen LogP contribution in [0.4, 0.5) is 0 Å². The second-order valence-corrected chi connectivity index (χ2v) is 8.49. The Kier molecular flexibility index (Phi) is 4.86. The molecule has 3 aromatic rings. The van der Waals surface area contributed by atoms with E-state index in [-0.39, 0.29) is 11.9 Å². The third-order valence-corrected chi connectivity index (χ3v) is 6.42. The number of imidazole rings is 1. The SMILES string of the molecule is CC[C@@]1(C)CCC[C@@H](Oc2nnc(-c3ccc(-n4ccnc4)cc3O)s2)C1. The van der Waals surface area contributed by atoms with Gasteiger partial charge in [-0.3, -0.25) is 0 Å². The van der Waals surface area contributed by atoms with Crippen molar-refractivity contribution in [1.29, 1.82) is 0 Å². The van der Waals surface area contributed by atoms with Gasteiger partial charge in [-0.05, 0) is 43.2 Å². The number of phenols is 1. The third kappa shape index (κ3) is 3.83. The lowest BCUT2D eigenvalue weighted by Gasteiger charge is -2.36. The molecular weight excluding hydrogens is 360 g/mol. The van der Waals surface area contributed by atoms with Crippen LogP contribution in [0.2, 0.25) is 0 Å². The van der Waals surface area contributed by atoms with Crippen LogP contribution in [0.3, 0.4) is 0 Å². The largest absolute Gasteiger partial charge is 0.507 e. The molecule has 2 aromatic heterocycles. The van der Waals surface area contributed by atoms with E-state index in [9.17, 15) is 5.11 Å². The maximum absolute atomic E-state index is 10.4. The molecule has 1 aliphatic carbocycles. The molecule has 2 atom stereocenters. The van der Waals surface area contributed by atoms with Gasteiger partial charge in [0.1, 0.15) is 11.9 Å². The molecule has 1 aliphatic rings. The van der Waals surface area contributed by atoms with Gasteiger partial charge in [0.25, 0.3) is 5.19 Å². The van der Waals surface area contributed by atoms with Gasteiger partial charge in [0.15, 0.2) is 5.01 Å². The standard InChI is InChI=1S/C20H24N4O2S/c1-3-20(2)8-4-5-15(12-20)26-19-23-22-18(27-19)16-7-6-14(11-17(16)25)24-10-9-21-13-24/h6-7,9-11,13,15,25H,3-5,8,12H2,1-2H3/t15-,20+/m1/s1. The molecule has 27 heavy (non-hydrogen) atoms. The first-order valence-corrected chi connectivity index (χ1v) is 10.2. The fraction of sp³-hybridized carbons (Fsp3) is 0.450. The van der Waals surface area contributed by atoms with Crippen molar-refractivity contribution in [1.82, 2.24) is 19.7 Å². The molecule has 1 saturated carbocycles. The summed E-state index contributed by atoms with van der Waals surface area (Å²) in [6, 6.07) is 5.48. The number of hydrogen-bond acceptors (Lipinski definition) is 6. The molecule has 0 bridgehead atoms. The van der Waals surface area contributed by atoms with Crippen molar-refractivity contribution in [2.24, 2.45) is 5.41 Å². The van der Waals surface area contributed by atoms with Gasteiger partial charge in [0.05, 0.1) is 17.6 Å². The van der Waals surface area contributed by atoms with E-state index in [1.807, 2.05) is 22.9 Å². The molecule has 0 unspecified atom stereocenters. The van der Waals surface area contributed by atoms with Crippen LogP contribution in [0.5, 0.6) is 10.9 Å². The average Bonchev–Trinajstić information content (AvgIpc) is 3.34. The number of aromatic hydroxyl groups is 1. The maximum atomic E-state index is 10.4. The fourth-order valence-corrected chi connectivity index (χ4v) is 4.51. The highest BCUT2D eigenvalue weighted by molar-refractivity contribution is 7.16. The molecule has 2 heterocycles. The molecule has 0 saturated heterocycles. The molecule has 0 aliphatic heterocycles. The molecule has 0 amide bonds. The topological polar surface area (TPSA) is 73.1 Å². The summed E-state index contributed by atoms with van der Waals surface area (Å²) in [7, 11) is 0. The van der Waals surface area contributed by atoms with Crippen LogP contribution >= 0.6 is 11.3 Å². The molecule has 1 aromatic carbocycles. The van der Waals surface area contributed by atoms with Crippen molar-refractivity contribution in [2.75, 3.05) is 0 Å². The highest BCUT2D eigenvalue weighted by Gasteiger charge is 2.32. The predicted molar refractivity (Wildman–Crippen MR) is 105 cm³/mol. The zero-order valence-electron chi connectivity index (χ0n) is 15.6. The average molecular weight is 385 g/mol. The zero-order valence-corrected chi connectivity index (χ0v) is 16.4. The summed E-state index contributed by atoms with van der Waals surface area (Å²) in [4.78, 5) is 4.03. The van der Waals surface area contributed by atoms with Crippen molar-refractivity contribution in [3.8, 4) is 27.2 Å². The number of rotatable bonds is 5. The van der Waals surface area contributed by atoms with Crippen LogP contribution in [-0.2, 0) is 0 Å². The number of phenolic OH excluding ortho intramolecular Hbond substituents is 1. The highest BCUT2D eigenvalue weighted by atomic mass is 32.1. The number of aromatic nitrogens is 4. The first kappa shape index (κ1) is 18.0. The van der Waals surface area contributed by atoms with E-state index in [1.165, 1.54) is 30.6 Å². The summed E-state index contributed by atoms with van der Waals surface area (Å²) in [6.07, 6.45) is 11.2. The van der Waals surface area contributed by atoms with Crippen molar-refractivity contribution < 1.29 is 9.84 Å². The van der Waals surface area contributed by atoms with E-state index in [0.29, 0.717) is 21.2 Å². The Balaban J connectivity index is 1.49. The molecule has 1 N–H and O–H groups in total. The molecule has 0 spiro atoms. The van der Waals surface area contributed by atoms with E-state index >= 15 is 0 Å². The molecule has 7 heteroatoms. The van der Waals surface area contributed by atoms with Gasteiger partial charge in [-0.1, -0.05) is 36.7 Å². The van der Waals surface area contributed by atoms with Gasteiger partial charge < -0.3 is 14.4 Å². The lowest BCUT2D eigenvalue weighted by atomic mass is 9.73. The Bertz CT molecular complexity index is 909. The minimum absolute atomic E-state index is 0.167. The Morgan fingerprint density at radius 2 is 2.26 bits per heavy atom. The summed E-state index contributed by atoms with van der Waals surface area (Å²) in [5, 5.41) is 20.1. The van der Waals surface area contributed by atoms with Gasteiger partial charge in [0, 0.05) is 18.5 Å². The van der Waals surface area contributed by atoms with E-state index in [4.69, 9.17) is 4.74 Å². The van der Waals surface area contributed by atoms with Crippen molar-refractivity contribution in [2.45, 2.75) is 52.1 Å². The number of benzene rings is 1. The summed E-state index contributed by atoms with van der Waals surface area (Å²) in [5.41, 5.74) is 1.86. The molecule has 142 valence electrons. The van der Waals surface area contributed by atoms with E-state index in [2.05, 4.69) is 29.0 Å². The molecule has 1 fully saturated rings. The van der Waals surface area contributed by atoms with Crippen LogP contribution < -0.4 is 4.74 Å². The lowest BCUT2D eigenvalue weighted by molar-refractivity contribution is 0.0712. The first-order valence-electron chi connectivity index (χ1n) is 9.38. The molecular formula is C20H24N4O2S. The van der Waals surface area contributed by atoms with Gasteiger partial charge in [-0.2, -0.15) is 0 Å². The summed E-state index contributed by atoms with van der Waals surface area (Å²) in [5.74, 6) is 0.167. The van der Waals surface area contributed by atoms with Crippen LogP contribution in [-0.4, -0.2) is 31.0 Å². The van der Waals surface area contributed by atoms with Crippen LogP contribution in [0.15, 0.2) is 36.9 Å². The number of ether oxygens (including phenoxy) is 1. The van der Waals surface area contributed by atoms with Crippen LogP contribution in [0, 0.1) is 5.41 Å². The normalized spacial score (nSPS) is 22.7. The second kappa shape index (κ2) is 7.31. The van der Waals surface area contributed by atoms with Gasteiger partial charge in [0.2, 0.25) is 0 Å². The van der Waals surface area contributed by atoms with Crippen LogP contribution in [0.1, 0.15) is 46.0 Å². The van der Waals surface area contributed by atoms with Gasteiger partial charge in [-0.15, -0.1) is 5.10 Å². The fourth-order valence-electron chi connectivity index (χ4n) is 3.71.